The molecule has 1 aliphatic heterocycles. The SMILES string of the molecule is CCOC(=O)c1c(N)nsc1N1CCC(CCO)C1. The third kappa shape index (κ3) is 2.98. The lowest BCUT2D eigenvalue weighted by Gasteiger charge is -2.17. The number of hydrogen-bond acceptors (Lipinski definition) is 7. The van der Waals surface area contributed by atoms with Gasteiger partial charge in [0.1, 0.15) is 10.6 Å². The summed E-state index contributed by atoms with van der Waals surface area (Å²) >= 11 is 1.24. The van der Waals surface area contributed by atoms with E-state index >= 15 is 0 Å². The van der Waals surface area contributed by atoms with Crippen molar-refractivity contribution < 1.29 is 14.6 Å². The number of nitrogen functional groups attached to an aromatic ring is 1. The monoisotopic (exact) mass is 285 g/mol. The third-order valence-electron chi connectivity index (χ3n) is 3.29. The molecule has 106 valence electrons. The number of hydrogen-bond donors (Lipinski definition) is 2. The minimum absolute atomic E-state index is 0.202. The van der Waals surface area contributed by atoms with Crippen molar-refractivity contribution in [2.24, 2.45) is 5.92 Å². The predicted octanol–water partition coefficient (Wildman–Crippen LogP) is 1.11. The average molecular weight is 285 g/mol. The number of aliphatic hydroxyl groups excluding tert-OH is 1. The molecule has 0 aromatic carbocycles. The normalized spacial score (nSPS) is 18.8. The van der Waals surface area contributed by atoms with Crippen LogP contribution in [-0.2, 0) is 4.74 Å². The summed E-state index contributed by atoms with van der Waals surface area (Å²) in [5.41, 5.74) is 6.15. The van der Waals surface area contributed by atoms with Gasteiger partial charge in [-0.05, 0) is 37.2 Å². The molecular formula is C12H19N3O3S. The number of anilines is 2. The lowest BCUT2D eigenvalue weighted by atomic mass is 10.1. The number of rotatable bonds is 5. The van der Waals surface area contributed by atoms with Crippen molar-refractivity contribution in [1.82, 2.24) is 4.37 Å². The van der Waals surface area contributed by atoms with Gasteiger partial charge in [0.2, 0.25) is 0 Å². The zero-order valence-corrected chi connectivity index (χ0v) is 11.8. The highest BCUT2D eigenvalue weighted by molar-refractivity contribution is 7.11. The highest BCUT2D eigenvalue weighted by Gasteiger charge is 2.29. The zero-order valence-electron chi connectivity index (χ0n) is 11.0. The van der Waals surface area contributed by atoms with Gasteiger partial charge in [-0.3, -0.25) is 0 Å². The smallest absolute Gasteiger partial charge is 0.345 e. The van der Waals surface area contributed by atoms with Crippen LogP contribution in [0.15, 0.2) is 0 Å². The van der Waals surface area contributed by atoms with Gasteiger partial charge in [0, 0.05) is 19.7 Å². The molecule has 2 rings (SSSR count). The van der Waals surface area contributed by atoms with Crippen LogP contribution in [0.1, 0.15) is 30.1 Å². The van der Waals surface area contributed by atoms with E-state index in [1.54, 1.807) is 6.92 Å². The molecule has 1 unspecified atom stereocenters. The summed E-state index contributed by atoms with van der Waals surface area (Å²) in [4.78, 5) is 14.0. The van der Waals surface area contributed by atoms with E-state index < -0.39 is 5.97 Å². The molecule has 0 spiro atoms. The van der Waals surface area contributed by atoms with E-state index in [1.165, 1.54) is 11.5 Å². The fourth-order valence-corrected chi connectivity index (χ4v) is 3.18. The molecular weight excluding hydrogens is 266 g/mol. The maximum atomic E-state index is 11.9. The molecule has 19 heavy (non-hydrogen) atoms. The first-order valence-electron chi connectivity index (χ1n) is 6.45. The van der Waals surface area contributed by atoms with Crippen molar-refractivity contribution in [3.8, 4) is 0 Å². The van der Waals surface area contributed by atoms with Crippen LogP contribution in [0.4, 0.5) is 10.8 Å². The molecule has 0 aliphatic carbocycles. The van der Waals surface area contributed by atoms with Crippen molar-refractivity contribution in [3.63, 3.8) is 0 Å². The second kappa shape index (κ2) is 6.21. The van der Waals surface area contributed by atoms with Crippen LogP contribution in [0, 0.1) is 5.92 Å². The van der Waals surface area contributed by atoms with E-state index in [9.17, 15) is 4.79 Å². The molecule has 1 atom stereocenters. The number of aliphatic hydroxyl groups is 1. The molecule has 1 fully saturated rings. The summed E-state index contributed by atoms with van der Waals surface area (Å²) in [6.45, 7) is 3.97. The molecule has 0 bridgehead atoms. The second-order valence-corrected chi connectivity index (χ2v) is 5.33. The number of ether oxygens (including phenoxy) is 1. The molecule has 6 nitrogen and oxygen atoms in total. The molecule has 1 aromatic heterocycles. The van der Waals surface area contributed by atoms with Gasteiger partial charge >= 0.3 is 5.97 Å². The minimum atomic E-state index is -0.408. The lowest BCUT2D eigenvalue weighted by Crippen LogP contribution is -2.21. The fraction of sp³-hybridized carbons (Fsp3) is 0.667. The fourth-order valence-electron chi connectivity index (χ4n) is 2.34. The molecule has 3 N–H and O–H groups in total. The Labute approximate surface area is 116 Å². The van der Waals surface area contributed by atoms with E-state index in [1.807, 2.05) is 0 Å². The van der Waals surface area contributed by atoms with E-state index in [2.05, 4.69) is 9.27 Å². The maximum absolute atomic E-state index is 11.9. The van der Waals surface area contributed by atoms with Crippen LogP contribution in [0.25, 0.3) is 0 Å². The van der Waals surface area contributed by atoms with Crippen LogP contribution in [-0.4, -0.2) is 41.8 Å². The van der Waals surface area contributed by atoms with Crippen LogP contribution in [0.3, 0.4) is 0 Å². The molecule has 1 saturated heterocycles. The number of esters is 1. The first kappa shape index (κ1) is 14.1. The minimum Gasteiger partial charge on any atom is -0.462 e. The summed E-state index contributed by atoms with van der Waals surface area (Å²) in [5, 5.41) is 9.77. The Hall–Kier alpha value is -1.34. The number of carbonyl (C=O) groups excluding carboxylic acids is 1. The Balaban J connectivity index is 2.15. The first-order valence-corrected chi connectivity index (χ1v) is 7.22. The van der Waals surface area contributed by atoms with Gasteiger partial charge in [-0.2, -0.15) is 4.37 Å². The third-order valence-corrected chi connectivity index (χ3v) is 4.21. The molecule has 0 saturated carbocycles. The number of nitrogens with two attached hydrogens (primary N) is 1. The zero-order chi connectivity index (χ0) is 13.8. The molecule has 2 heterocycles. The average Bonchev–Trinajstić information content (AvgIpc) is 2.96. The second-order valence-electron chi connectivity index (χ2n) is 4.58. The Bertz CT molecular complexity index is 449. The van der Waals surface area contributed by atoms with Gasteiger partial charge in [0.05, 0.1) is 6.61 Å². The molecule has 7 heteroatoms. The quantitative estimate of drug-likeness (QED) is 0.788. The van der Waals surface area contributed by atoms with Crippen molar-refractivity contribution in [2.75, 3.05) is 36.9 Å². The number of aromatic nitrogens is 1. The summed E-state index contributed by atoms with van der Waals surface area (Å²) in [6.07, 6.45) is 1.81. The summed E-state index contributed by atoms with van der Waals surface area (Å²) in [7, 11) is 0. The summed E-state index contributed by atoms with van der Waals surface area (Å²) in [6, 6.07) is 0. The van der Waals surface area contributed by atoms with Crippen molar-refractivity contribution in [3.05, 3.63) is 5.56 Å². The highest BCUT2D eigenvalue weighted by Crippen LogP contribution is 2.35. The van der Waals surface area contributed by atoms with Crippen LogP contribution in [0.5, 0.6) is 0 Å². The molecule has 1 aliphatic rings. The van der Waals surface area contributed by atoms with Gasteiger partial charge in [-0.15, -0.1) is 0 Å². The van der Waals surface area contributed by atoms with E-state index in [4.69, 9.17) is 15.6 Å². The number of nitrogens with zero attached hydrogens (tertiary/aromatic N) is 2. The van der Waals surface area contributed by atoms with Crippen LogP contribution < -0.4 is 10.6 Å². The standard InChI is InChI=1S/C12H19N3O3S/c1-2-18-12(17)9-10(13)14-19-11(9)15-5-3-8(7-15)4-6-16/h8,16H,2-7H2,1H3,(H2,13,14). The number of carbonyl (C=O) groups is 1. The van der Waals surface area contributed by atoms with Gasteiger partial charge in [0.25, 0.3) is 0 Å². The van der Waals surface area contributed by atoms with Gasteiger partial charge in [0.15, 0.2) is 5.82 Å². The Kier molecular flexibility index (Phi) is 4.60. The topological polar surface area (TPSA) is 88.7 Å². The molecule has 0 amide bonds. The predicted molar refractivity (Wildman–Crippen MR) is 74.5 cm³/mol. The van der Waals surface area contributed by atoms with Crippen molar-refractivity contribution in [2.45, 2.75) is 19.8 Å². The van der Waals surface area contributed by atoms with Crippen molar-refractivity contribution in [1.29, 1.82) is 0 Å². The first-order chi connectivity index (χ1) is 9.17. The van der Waals surface area contributed by atoms with Gasteiger partial charge in [-0.25, -0.2) is 4.79 Å². The van der Waals surface area contributed by atoms with Crippen LogP contribution >= 0.6 is 11.5 Å². The largest absolute Gasteiger partial charge is 0.462 e. The van der Waals surface area contributed by atoms with Crippen LogP contribution in [0.2, 0.25) is 0 Å². The van der Waals surface area contributed by atoms with E-state index in [-0.39, 0.29) is 12.4 Å². The highest BCUT2D eigenvalue weighted by atomic mass is 32.1. The van der Waals surface area contributed by atoms with Crippen molar-refractivity contribution >= 4 is 28.3 Å². The Morgan fingerprint density at radius 3 is 3.16 bits per heavy atom. The molecule has 0 radical (unpaired) electrons. The Morgan fingerprint density at radius 1 is 1.68 bits per heavy atom. The molecule has 1 aromatic rings. The van der Waals surface area contributed by atoms with Gasteiger partial charge in [-0.1, -0.05) is 0 Å². The summed E-state index contributed by atoms with van der Waals surface area (Å²) in [5.74, 6) is 0.293. The Morgan fingerprint density at radius 2 is 2.47 bits per heavy atom. The maximum Gasteiger partial charge on any atom is 0.345 e. The van der Waals surface area contributed by atoms with Gasteiger partial charge < -0.3 is 20.5 Å². The van der Waals surface area contributed by atoms with E-state index in [0.717, 1.165) is 30.9 Å². The summed E-state index contributed by atoms with van der Waals surface area (Å²) < 4.78 is 9.09. The van der Waals surface area contributed by atoms with E-state index in [0.29, 0.717) is 18.1 Å². The lowest BCUT2D eigenvalue weighted by molar-refractivity contribution is 0.0528.